The number of fused-ring (bicyclic) bond motifs is 1. The van der Waals surface area contributed by atoms with Gasteiger partial charge in [0, 0.05) is 22.3 Å². The molecule has 0 radical (unpaired) electrons. The van der Waals surface area contributed by atoms with E-state index in [0.717, 1.165) is 5.56 Å². The van der Waals surface area contributed by atoms with E-state index in [9.17, 15) is 19.5 Å². The Morgan fingerprint density at radius 3 is 2.54 bits per heavy atom. The van der Waals surface area contributed by atoms with Crippen LogP contribution < -0.4 is 15.4 Å². The fourth-order valence-electron chi connectivity index (χ4n) is 6.02. The Morgan fingerprint density at radius 2 is 1.89 bits per heavy atom. The maximum absolute atomic E-state index is 13.9. The van der Waals surface area contributed by atoms with Crippen LogP contribution in [0.15, 0.2) is 54.6 Å². The van der Waals surface area contributed by atoms with Gasteiger partial charge in [0.1, 0.15) is 11.8 Å². The number of benzene rings is 2. The Kier molecular flexibility index (Phi) is 7.26. The molecule has 3 fully saturated rings. The minimum atomic E-state index is -0.823. The lowest BCUT2D eigenvalue weighted by Gasteiger charge is -2.36. The zero-order chi connectivity index (χ0) is 26.3. The van der Waals surface area contributed by atoms with Crippen LogP contribution in [-0.2, 0) is 20.9 Å². The van der Waals surface area contributed by atoms with Crippen molar-refractivity contribution in [2.75, 3.05) is 19.0 Å². The van der Waals surface area contributed by atoms with Gasteiger partial charge in [-0.15, -0.1) is 11.8 Å². The second kappa shape index (κ2) is 10.3. The summed E-state index contributed by atoms with van der Waals surface area (Å²) < 4.78 is 4.43. The van der Waals surface area contributed by atoms with Gasteiger partial charge in [0.05, 0.1) is 36.3 Å². The molecule has 0 aromatic heterocycles. The van der Waals surface area contributed by atoms with Crippen LogP contribution in [-0.4, -0.2) is 68.4 Å². The third-order valence-electron chi connectivity index (χ3n) is 7.68. The molecule has 37 heavy (non-hydrogen) atoms. The van der Waals surface area contributed by atoms with E-state index in [0.29, 0.717) is 24.4 Å². The Balaban J connectivity index is 1.45. The quantitative estimate of drug-likeness (QED) is 0.410. The highest BCUT2D eigenvalue weighted by Gasteiger charge is 2.76. The first kappa shape index (κ1) is 26.1. The lowest BCUT2D eigenvalue weighted by molar-refractivity contribution is -0.141. The molecule has 3 aliphatic heterocycles. The third-order valence-corrected chi connectivity index (χ3v) is 10.9. The lowest BCUT2D eigenvalue weighted by Crippen LogP contribution is -2.54. The minimum absolute atomic E-state index is 0.0188. The van der Waals surface area contributed by atoms with E-state index in [1.165, 1.54) is 4.90 Å². The maximum Gasteiger partial charge on any atom is 0.248 e. The molecule has 3 amide bonds. The van der Waals surface area contributed by atoms with E-state index in [2.05, 4.69) is 26.6 Å². The Bertz CT molecular complexity index is 1180. The van der Waals surface area contributed by atoms with Crippen LogP contribution in [0.2, 0.25) is 0 Å². The first-order chi connectivity index (χ1) is 17.8. The molecule has 10 heteroatoms. The predicted octanol–water partition coefficient (Wildman–Crippen LogP) is 2.80. The van der Waals surface area contributed by atoms with Gasteiger partial charge in [-0.1, -0.05) is 46.3 Å². The fraction of sp³-hybridized carbons (Fsp3) is 0.444. The molecule has 3 unspecified atom stereocenters. The molecule has 5 rings (SSSR count). The number of carbonyl (C=O) groups excluding carboxylic acids is 3. The first-order valence-electron chi connectivity index (χ1n) is 12.3. The number of hydrogen-bond donors (Lipinski definition) is 3. The van der Waals surface area contributed by atoms with Gasteiger partial charge in [-0.2, -0.15) is 0 Å². The first-order valence-corrected chi connectivity index (χ1v) is 14.1. The van der Waals surface area contributed by atoms with Crippen LogP contribution in [0.3, 0.4) is 0 Å². The summed E-state index contributed by atoms with van der Waals surface area (Å²) in [6.07, 6.45) is 0.580. The number of carbonyl (C=O) groups is 3. The summed E-state index contributed by atoms with van der Waals surface area (Å²) in [5, 5.41) is 15.8. The number of ether oxygens (including phenoxy) is 1. The summed E-state index contributed by atoms with van der Waals surface area (Å²) in [6, 6.07) is 15.2. The fourth-order valence-corrected chi connectivity index (χ4v) is 9.62. The van der Waals surface area contributed by atoms with Crippen molar-refractivity contribution in [3.8, 4) is 5.75 Å². The molecule has 7 atom stereocenters. The SMILES string of the molecule is COc1ccc(NC(=O)C2N([C@H](C)CO)C(=O)[C@@H]3[C@H](C(=O)NCc4ccccc4)[C@H]4SC23CC4Br)cc1. The molecule has 3 saturated heterocycles. The maximum atomic E-state index is 13.9. The zero-order valence-corrected chi connectivity index (χ0v) is 23.0. The predicted molar refractivity (Wildman–Crippen MR) is 146 cm³/mol. The van der Waals surface area contributed by atoms with Crippen LogP contribution in [0.25, 0.3) is 0 Å². The molecule has 2 aromatic carbocycles. The Labute approximate surface area is 228 Å². The highest BCUT2D eigenvalue weighted by atomic mass is 79.9. The van der Waals surface area contributed by atoms with Crippen molar-refractivity contribution in [1.82, 2.24) is 10.2 Å². The second-order valence-electron chi connectivity index (χ2n) is 9.86. The van der Waals surface area contributed by atoms with E-state index < -0.39 is 28.7 Å². The third kappa shape index (κ3) is 4.42. The van der Waals surface area contributed by atoms with Gasteiger partial charge < -0.3 is 25.4 Å². The van der Waals surface area contributed by atoms with Crippen LogP contribution in [0.5, 0.6) is 5.75 Å². The molecule has 3 aliphatic rings. The number of hydrogen-bond acceptors (Lipinski definition) is 6. The van der Waals surface area contributed by atoms with Crippen molar-refractivity contribution in [2.45, 2.75) is 46.8 Å². The molecule has 196 valence electrons. The van der Waals surface area contributed by atoms with Crippen molar-refractivity contribution in [3.05, 3.63) is 60.2 Å². The van der Waals surface area contributed by atoms with Gasteiger partial charge in [0.25, 0.3) is 0 Å². The Morgan fingerprint density at radius 1 is 1.19 bits per heavy atom. The highest BCUT2D eigenvalue weighted by molar-refractivity contribution is 9.09. The molecular weight excluding hydrogens is 558 g/mol. The molecule has 8 nitrogen and oxygen atoms in total. The number of anilines is 1. The number of nitrogens with one attached hydrogen (secondary N) is 2. The van der Waals surface area contributed by atoms with Crippen LogP contribution in [0, 0.1) is 11.8 Å². The average molecular weight is 589 g/mol. The van der Waals surface area contributed by atoms with E-state index in [1.807, 2.05) is 30.3 Å². The van der Waals surface area contributed by atoms with Gasteiger partial charge in [0.15, 0.2) is 0 Å². The number of amides is 3. The lowest BCUT2D eigenvalue weighted by atomic mass is 9.70. The molecular formula is C27H30BrN3O5S. The van der Waals surface area contributed by atoms with Crippen molar-refractivity contribution in [1.29, 1.82) is 0 Å². The van der Waals surface area contributed by atoms with Gasteiger partial charge in [0.2, 0.25) is 17.7 Å². The number of alkyl halides is 1. The molecule has 0 aliphatic carbocycles. The zero-order valence-electron chi connectivity index (χ0n) is 20.6. The number of aliphatic hydroxyl groups excluding tert-OH is 1. The van der Waals surface area contributed by atoms with Crippen molar-refractivity contribution < 1.29 is 24.2 Å². The molecule has 2 aromatic rings. The molecule has 1 spiro atoms. The smallest absolute Gasteiger partial charge is 0.248 e. The van der Waals surface area contributed by atoms with Gasteiger partial charge in [-0.05, 0) is 43.2 Å². The number of likely N-dealkylation sites (tertiary alicyclic amines) is 1. The number of aliphatic hydroxyl groups is 1. The monoisotopic (exact) mass is 587 g/mol. The van der Waals surface area contributed by atoms with Crippen molar-refractivity contribution >= 4 is 51.1 Å². The number of halogens is 1. The van der Waals surface area contributed by atoms with Crippen molar-refractivity contribution in [2.24, 2.45) is 11.8 Å². The molecule has 3 N–H and O–H groups in total. The van der Waals surface area contributed by atoms with E-state index >= 15 is 0 Å². The normalized spacial score (nSPS) is 30.6. The van der Waals surface area contributed by atoms with Gasteiger partial charge in [-0.25, -0.2) is 0 Å². The number of thioether (sulfide) groups is 1. The van der Waals surface area contributed by atoms with E-state index in [1.54, 1.807) is 50.1 Å². The topological polar surface area (TPSA) is 108 Å². The van der Waals surface area contributed by atoms with Crippen LogP contribution >= 0.6 is 27.7 Å². The van der Waals surface area contributed by atoms with Gasteiger partial charge in [-0.3, -0.25) is 14.4 Å². The number of rotatable bonds is 8. The summed E-state index contributed by atoms with van der Waals surface area (Å²) in [4.78, 5) is 42.8. The van der Waals surface area contributed by atoms with Gasteiger partial charge >= 0.3 is 0 Å². The minimum Gasteiger partial charge on any atom is -0.497 e. The molecule has 2 bridgehead atoms. The molecule has 0 saturated carbocycles. The Hall–Kier alpha value is -2.56. The van der Waals surface area contributed by atoms with Crippen LogP contribution in [0.1, 0.15) is 18.9 Å². The summed E-state index contributed by atoms with van der Waals surface area (Å²) in [6.45, 7) is 1.82. The number of nitrogens with zero attached hydrogens (tertiary/aromatic N) is 1. The molecule has 3 heterocycles. The highest BCUT2D eigenvalue weighted by Crippen LogP contribution is 2.68. The van der Waals surface area contributed by atoms with Crippen molar-refractivity contribution in [3.63, 3.8) is 0 Å². The standard InChI is InChI=1S/C27H30BrN3O5S/c1-15(14-32)31-23(25(34)30-17-8-10-18(36-2)11-9-17)27-12-19(28)22(37-27)20(21(27)26(31)35)24(33)29-13-16-6-4-3-5-7-16/h3-11,15,19-23,32H,12-14H2,1-2H3,(H,29,33)(H,30,34)/t15-,19?,20+,21+,22+,23?,27?/m1/s1. The summed E-state index contributed by atoms with van der Waals surface area (Å²) in [5.41, 5.74) is 1.56. The van der Waals surface area contributed by atoms with E-state index in [-0.39, 0.29) is 34.4 Å². The summed E-state index contributed by atoms with van der Waals surface area (Å²) in [5.74, 6) is -1.30. The van der Waals surface area contributed by atoms with E-state index in [4.69, 9.17) is 4.74 Å². The largest absolute Gasteiger partial charge is 0.497 e. The second-order valence-corrected chi connectivity index (χ2v) is 12.6. The van der Waals surface area contributed by atoms with Crippen LogP contribution in [0.4, 0.5) is 5.69 Å². The summed E-state index contributed by atoms with van der Waals surface area (Å²) in [7, 11) is 1.57. The summed E-state index contributed by atoms with van der Waals surface area (Å²) >= 11 is 5.33. The number of methoxy groups -OCH3 is 1. The average Bonchev–Trinajstić information content (AvgIpc) is 3.51.